The lowest BCUT2D eigenvalue weighted by atomic mass is 10.1. The zero-order valence-corrected chi connectivity index (χ0v) is 11.9. The van der Waals surface area contributed by atoms with Crippen molar-refractivity contribution in [3.63, 3.8) is 0 Å². The highest BCUT2D eigenvalue weighted by molar-refractivity contribution is 5.96. The van der Waals surface area contributed by atoms with Gasteiger partial charge in [0.25, 0.3) is 0 Å². The minimum absolute atomic E-state index is 0.101. The molecule has 1 aromatic rings. The molecule has 0 radical (unpaired) electrons. The molecule has 3 heteroatoms. The summed E-state index contributed by atoms with van der Waals surface area (Å²) in [5, 5.41) is 0. The molecule has 0 aliphatic carbocycles. The normalized spacial score (nSPS) is 10.5. The van der Waals surface area contributed by atoms with Crippen LogP contribution in [0.15, 0.2) is 18.2 Å². The maximum absolute atomic E-state index is 13.6. The molecule has 0 fully saturated rings. The Balaban J connectivity index is 2.38. The van der Waals surface area contributed by atoms with E-state index in [1.807, 2.05) is 0 Å². The number of unbranched alkanes of at least 4 members (excludes halogenated alkanes) is 5. The summed E-state index contributed by atoms with van der Waals surface area (Å²) in [4.78, 5) is 11.4. The Hall–Kier alpha value is -1.38. The molecule has 0 saturated carbocycles. The Morgan fingerprint density at radius 3 is 2.53 bits per heavy atom. The van der Waals surface area contributed by atoms with Gasteiger partial charge in [0.05, 0.1) is 12.2 Å². The molecule has 0 bridgehead atoms. The SMILES string of the molecule is CCCCCCCCOc1c(F)cccc1C(C)=O. The van der Waals surface area contributed by atoms with Crippen LogP contribution in [0.3, 0.4) is 0 Å². The van der Waals surface area contributed by atoms with Gasteiger partial charge in [0.2, 0.25) is 0 Å². The highest BCUT2D eigenvalue weighted by Crippen LogP contribution is 2.23. The highest BCUT2D eigenvalue weighted by Gasteiger charge is 2.12. The molecule has 0 amide bonds. The first-order valence-electron chi connectivity index (χ1n) is 7.09. The number of hydrogen-bond donors (Lipinski definition) is 0. The molecule has 0 spiro atoms. The molecule has 19 heavy (non-hydrogen) atoms. The van der Waals surface area contributed by atoms with Crippen LogP contribution in [0.1, 0.15) is 62.7 Å². The first-order chi connectivity index (χ1) is 9.16. The highest BCUT2D eigenvalue weighted by atomic mass is 19.1. The van der Waals surface area contributed by atoms with Crippen molar-refractivity contribution >= 4 is 5.78 Å². The molecule has 106 valence electrons. The lowest BCUT2D eigenvalue weighted by molar-refractivity contribution is 0.101. The number of carbonyl (C=O) groups is 1. The number of ether oxygens (including phenoxy) is 1. The number of carbonyl (C=O) groups excluding carboxylic acids is 1. The molecule has 0 aliphatic heterocycles. The number of ketones is 1. The average Bonchev–Trinajstić information content (AvgIpc) is 2.39. The van der Waals surface area contributed by atoms with E-state index in [1.54, 1.807) is 6.07 Å². The van der Waals surface area contributed by atoms with Crippen LogP contribution in [-0.4, -0.2) is 12.4 Å². The first kappa shape index (κ1) is 15.7. The summed E-state index contributed by atoms with van der Waals surface area (Å²) < 4.78 is 19.0. The van der Waals surface area contributed by atoms with Crippen molar-refractivity contribution in [3.05, 3.63) is 29.6 Å². The van der Waals surface area contributed by atoms with E-state index in [-0.39, 0.29) is 11.5 Å². The standard InChI is InChI=1S/C16H23FO2/c1-3-4-5-6-7-8-12-19-16-14(13(2)18)10-9-11-15(16)17/h9-11H,3-8,12H2,1-2H3. The number of para-hydroxylation sites is 1. The van der Waals surface area contributed by atoms with Crippen LogP contribution in [0, 0.1) is 5.82 Å². The quantitative estimate of drug-likeness (QED) is 0.475. The second kappa shape index (κ2) is 8.68. The maximum atomic E-state index is 13.6. The van der Waals surface area contributed by atoms with Crippen molar-refractivity contribution < 1.29 is 13.9 Å². The number of rotatable bonds is 9. The molecule has 0 aromatic heterocycles. The number of hydrogen-bond acceptors (Lipinski definition) is 2. The Labute approximate surface area is 115 Å². The maximum Gasteiger partial charge on any atom is 0.165 e. The minimum Gasteiger partial charge on any atom is -0.490 e. The topological polar surface area (TPSA) is 26.3 Å². The number of halogens is 1. The van der Waals surface area contributed by atoms with Gasteiger partial charge in [-0.1, -0.05) is 45.1 Å². The minimum atomic E-state index is -0.460. The van der Waals surface area contributed by atoms with Gasteiger partial charge in [-0.25, -0.2) is 4.39 Å². The largest absolute Gasteiger partial charge is 0.490 e. The van der Waals surface area contributed by atoms with Crippen molar-refractivity contribution in [1.29, 1.82) is 0 Å². The molecule has 1 aromatic carbocycles. The summed E-state index contributed by atoms with van der Waals surface area (Å²) in [6.45, 7) is 4.07. The number of benzene rings is 1. The van der Waals surface area contributed by atoms with E-state index in [4.69, 9.17) is 4.74 Å². The Bertz CT molecular complexity index is 402. The van der Waals surface area contributed by atoms with Gasteiger partial charge in [-0.05, 0) is 25.5 Å². The van der Waals surface area contributed by atoms with Crippen LogP contribution in [0.5, 0.6) is 5.75 Å². The molecule has 1 rings (SSSR count). The van der Waals surface area contributed by atoms with Crippen molar-refractivity contribution in [1.82, 2.24) is 0 Å². The predicted molar refractivity (Wildman–Crippen MR) is 75.3 cm³/mol. The van der Waals surface area contributed by atoms with E-state index in [1.165, 1.54) is 44.7 Å². The van der Waals surface area contributed by atoms with E-state index < -0.39 is 5.82 Å². The third-order valence-corrected chi connectivity index (χ3v) is 3.09. The fraction of sp³-hybridized carbons (Fsp3) is 0.562. The van der Waals surface area contributed by atoms with Crippen LogP contribution in [0.2, 0.25) is 0 Å². The van der Waals surface area contributed by atoms with Gasteiger partial charge in [-0.3, -0.25) is 4.79 Å². The summed E-state index contributed by atoms with van der Waals surface area (Å²) in [6, 6.07) is 4.45. The van der Waals surface area contributed by atoms with Crippen molar-refractivity contribution in [3.8, 4) is 5.75 Å². The van der Waals surface area contributed by atoms with Crippen LogP contribution in [-0.2, 0) is 0 Å². The van der Waals surface area contributed by atoms with Gasteiger partial charge in [-0.2, -0.15) is 0 Å². The van der Waals surface area contributed by atoms with Gasteiger partial charge in [0, 0.05) is 0 Å². The molecule has 0 aliphatic rings. The summed E-state index contributed by atoms with van der Waals surface area (Å²) in [5.41, 5.74) is 0.325. The van der Waals surface area contributed by atoms with E-state index in [2.05, 4.69) is 6.92 Å². The molecular formula is C16H23FO2. The third kappa shape index (κ3) is 5.41. The van der Waals surface area contributed by atoms with Crippen LogP contribution in [0.25, 0.3) is 0 Å². The third-order valence-electron chi connectivity index (χ3n) is 3.09. The summed E-state index contributed by atoms with van der Waals surface area (Å²) in [6.07, 6.45) is 6.92. The monoisotopic (exact) mass is 266 g/mol. The summed E-state index contributed by atoms with van der Waals surface area (Å²) in [7, 11) is 0. The molecule has 0 saturated heterocycles. The second-order valence-electron chi connectivity index (χ2n) is 4.79. The Kier molecular flexibility index (Phi) is 7.16. The zero-order chi connectivity index (χ0) is 14.1. The van der Waals surface area contributed by atoms with Crippen molar-refractivity contribution in [2.75, 3.05) is 6.61 Å². The van der Waals surface area contributed by atoms with Crippen molar-refractivity contribution in [2.45, 2.75) is 52.4 Å². The molecule has 0 unspecified atom stereocenters. The zero-order valence-electron chi connectivity index (χ0n) is 11.9. The van der Waals surface area contributed by atoms with Gasteiger partial charge in [0.1, 0.15) is 0 Å². The van der Waals surface area contributed by atoms with E-state index in [0.29, 0.717) is 12.2 Å². The Morgan fingerprint density at radius 2 is 1.84 bits per heavy atom. The fourth-order valence-corrected chi connectivity index (χ4v) is 1.99. The van der Waals surface area contributed by atoms with Crippen LogP contribution >= 0.6 is 0 Å². The van der Waals surface area contributed by atoms with Gasteiger partial charge >= 0.3 is 0 Å². The lowest BCUT2D eigenvalue weighted by Crippen LogP contribution is -2.05. The first-order valence-corrected chi connectivity index (χ1v) is 7.09. The predicted octanol–water partition coefficient (Wildman–Crippen LogP) is 4.77. The van der Waals surface area contributed by atoms with E-state index >= 15 is 0 Å². The Morgan fingerprint density at radius 1 is 1.16 bits per heavy atom. The molecular weight excluding hydrogens is 243 g/mol. The lowest BCUT2D eigenvalue weighted by Gasteiger charge is -2.10. The van der Waals surface area contributed by atoms with E-state index in [0.717, 1.165) is 12.8 Å². The molecule has 2 nitrogen and oxygen atoms in total. The van der Waals surface area contributed by atoms with Gasteiger partial charge in [-0.15, -0.1) is 0 Å². The molecule has 0 atom stereocenters. The number of Topliss-reactive ketones (excluding diaryl/α,β-unsaturated/α-hetero) is 1. The average molecular weight is 266 g/mol. The summed E-state index contributed by atoms with van der Waals surface area (Å²) >= 11 is 0. The van der Waals surface area contributed by atoms with Crippen LogP contribution in [0.4, 0.5) is 4.39 Å². The van der Waals surface area contributed by atoms with Crippen molar-refractivity contribution in [2.24, 2.45) is 0 Å². The molecule has 0 N–H and O–H groups in total. The summed E-state index contributed by atoms with van der Waals surface area (Å²) in [5.74, 6) is -0.528. The van der Waals surface area contributed by atoms with E-state index in [9.17, 15) is 9.18 Å². The second-order valence-corrected chi connectivity index (χ2v) is 4.79. The van der Waals surface area contributed by atoms with Gasteiger partial charge < -0.3 is 4.74 Å². The van der Waals surface area contributed by atoms with Gasteiger partial charge in [0.15, 0.2) is 17.3 Å². The fourth-order valence-electron chi connectivity index (χ4n) is 1.99. The smallest absolute Gasteiger partial charge is 0.165 e. The molecule has 0 heterocycles. The van der Waals surface area contributed by atoms with Crippen LogP contribution < -0.4 is 4.74 Å².